The SMILES string of the molecule is C=CC[C@H](CS(N)(=O)=O)C(=O)OC. The van der Waals surface area contributed by atoms with Crippen LogP contribution in [0.15, 0.2) is 12.7 Å². The van der Waals surface area contributed by atoms with E-state index in [-0.39, 0.29) is 6.42 Å². The molecule has 0 aromatic rings. The number of ether oxygens (including phenoxy) is 1. The van der Waals surface area contributed by atoms with Crippen LogP contribution in [0.5, 0.6) is 0 Å². The minimum absolute atomic E-state index is 0.239. The maximum atomic E-state index is 11.0. The molecular weight excluding hydrogens is 194 g/mol. The number of nitrogens with two attached hydrogens (primary N) is 1. The van der Waals surface area contributed by atoms with Crippen molar-refractivity contribution in [2.24, 2.45) is 11.1 Å². The van der Waals surface area contributed by atoms with Crippen LogP contribution in [-0.4, -0.2) is 27.2 Å². The lowest BCUT2D eigenvalue weighted by molar-refractivity contribution is -0.144. The predicted molar refractivity (Wildman–Crippen MR) is 48.3 cm³/mol. The molecule has 0 unspecified atom stereocenters. The van der Waals surface area contributed by atoms with Crippen molar-refractivity contribution in [1.29, 1.82) is 0 Å². The van der Waals surface area contributed by atoms with Crippen molar-refractivity contribution in [3.05, 3.63) is 12.7 Å². The van der Waals surface area contributed by atoms with E-state index in [2.05, 4.69) is 11.3 Å². The summed E-state index contributed by atoms with van der Waals surface area (Å²) >= 11 is 0. The van der Waals surface area contributed by atoms with E-state index in [1.54, 1.807) is 0 Å². The molecule has 0 saturated heterocycles. The lowest BCUT2D eigenvalue weighted by Crippen LogP contribution is -2.28. The van der Waals surface area contributed by atoms with Crippen LogP contribution in [-0.2, 0) is 19.6 Å². The van der Waals surface area contributed by atoms with Gasteiger partial charge in [-0.3, -0.25) is 4.79 Å². The van der Waals surface area contributed by atoms with E-state index in [9.17, 15) is 13.2 Å². The molecule has 0 spiro atoms. The smallest absolute Gasteiger partial charge is 0.310 e. The Morgan fingerprint density at radius 2 is 2.23 bits per heavy atom. The van der Waals surface area contributed by atoms with E-state index in [1.165, 1.54) is 13.2 Å². The zero-order chi connectivity index (χ0) is 10.5. The summed E-state index contributed by atoms with van der Waals surface area (Å²) in [5.41, 5.74) is 0. The van der Waals surface area contributed by atoms with Gasteiger partial charge in [0.05, 0.1) is 18.8 Å². The van der Waals surface area contributed by atoms with Crippen LogP contribution in [0.3, 0.4) is 0 Å². The van der Waals surface area contributed by atoms with Crippen LogP contribution < -0.4 is 5.14 Å². The Bertz CT molecular complexity index is 283. The highest BCUT2D eigenvalue weighted by molar-refractivity contribution is 7.89. The minimum atomic E-state index is -3.65. The first kappa shape index (κ1) is 12.1. The van der Waals surface area contributed by atoms with Gasteiger partial charge in [-0.1, -0.05) is 6.08 Å². The second kappa shape index (κ2) is 4.98. The fraction of sp³-hybridized carbons (Fsp3) is 0.571. The summed E-state index contributed by atoms with van der Waals surface area (Å²) in [5, 5.41) is 4.79. The summed E-state index contributed by atoms with van der Waals surface area (Å²) in [6.45, 7) is 3.40. The highest BCUT2D eigenvalue weighted by Gasteiger charge is 2.22. The standard InChI is InChI=1S/C7H13NO4S/c1-3-4-6(7(9)12-2)5-13(8,10)11/h3,6H,1,4-5H2,2H3,(H2,8,10,11)/t6-/m1/s1. The molecule has 6 heteroatoms. The van der Waals surface area contributed by atoms with E-state index >= 15 is 0 Å². The van der Waals surface area contributed by atoms with Crippen LogP contribution in [0.2, 0.25) is 0 Å². The Morgan fingerprint density at radius 1 is 1.69 bits per heavy atom. The fourth-order valence-corrected chi connectivity index (χ4v) is 1.71. The maximum Gasteiger partial charge on any atom is 0.310 e. The summed E-state index contributed by atoms with van der Waals surface area (Å²) in [4.78, 5) is 11.0. The molecule has 5 nitrogen and oxygen atoms in total. The first-order valence-corrected chi connectivity index (χ1v) is 5.31. The molecular formula is C7H13NO4S. The van der Waals surface area contributed by atoms with Gasteiger partial charge in [0.1, 0.15) is 0 Å². The van der Waals surface area contributed by atoms with Gasteiger partial charge in [0.15, 0.2) is 0 Å². The number of hydrogen-bond donors (Lipinski definition) is 1. The summed E-state index contributed by atoms with van der Waals surface area (Å²) in [6, 6.07) is 0. The summed E-state index contributed by atoms with van der Waals surface area (Å²) < 4.78 is 25.7. The van der Waals surface area contributed by atoms with Gasteiger partial charge in [-0.15, -0.1) is 6.58 Å². The maximum absolute atomic E-state index is 11.0. The fourth-order valence-electron chi connectivity index (χ4n) is 0.881. The number of hydrogen-bond acceptors (Lipinski definition) is 4. The average Bonchev–Trinajstić information content (AvgIpc) is 2.00. The van der Waals surface area contributed by atoms with Crippen molar-refractivity contribution in [3.63, 3.8) is 0 Å². The van der Waals surface area contributed by atoms with Crippen molar-refractivity contribution in [1.82, 2.24) is 0 Å². The van der Waals surface area contributed by atoms with Gasteiger partial charge in [0, 0.05) is 0 Å². The number of carbonyl (C=O) groups is 1. The monoisotopic (exact) mass is 207 g/mol. The molecule has 0 amide bonds. The summed E-state index contributed by atoms with van der Waals surface area (Å²) in [6.07, 6.45) is 1.69. The minimum Gasteiger partial charge on any atom is -0.469 e. The molecule has 0 fully saturated rings. The third-order valence-electron chi connectivity index (χ3n) is 1.42. The molecule has 2 N–H and O–H groups in total. The Hall–Kier alpha value is -0.880. The van der Waals surface area contributed by atoms with Gasteiger partial charge in [-0.05, 0) is 6.42 Å². The molecule has 13 heavy (non-hydrogen) atoms. The Labute approximate surface area is 77.6 Å². The van der Waals surface area contributed by atoms with E-state index in [0.717, 1.165) is 0 Å². The number of methoxy groups -OCH3 is 1. The highest BCUT2D eigenvalue weighted by Crippen LogP contribution is 2.07. The Kier molecular flexibility index (Phi) is 4.64. The Morgan fingerprint density at radius 3 is 2.54 bits per heavy atom. The van der Waals surface area contributed by atoms with Crippen molar-refractivity contribution in [2.45, 2.75) is 6.42 Å². The van der Waals surface area contributed by atoms with Gasteiger partial charge >= 0.3 is 5.97 Å². The van der Waals surface area contributed by atoms with Crippen LogP contribution in [0.25, 0.3) is 0 Å². The van der Waals surface area contributed by atoms with Crippen molar-refractivity contribution in [3.8, 4) is 0 Å². The first-order chi connectivity index (χ1) is 5.90. The zero-order valence-electron chi connectivity index (χ0n) is 7.39. The van der Waals surface area contributed by atoms with Crippen molar-refractivity contribution < 1.29 is 17.9 Å². The third kappa shape index (κ3) is 5.37. The molecule has 0 rings (SSSR count). The molecule has 76 valence electrons. The number of rotatable bonds is 5. The summed E-state index contributed by atoms with van der Waals surface area (Å²) in [5.74, 6) is -1.75. The van der Waals surface area contributed by atoms with Gasteiger partial charge in [0.25, 0.3) is 0 Å². The van der Waals surface area contributed by atoms with E-state index in [0.29, 0.717) is 0 Å². The third-order valence-corrected chi connectivity index (χ3v) is 2.29. The average molecular weight is 207 g/mol. The first-order valence-electron chi connectivity index (χ1n) is 3.60. The molecule has 0 aliphatic rings. The second-order valence-electron chi connectivity index (χ2n) is 2.57. The molecule has 0 aliphatic carbocycles. The molecule has 0 bridgehead atoms. The Balaban J connectivity index is 4.43. The topological polar surface area (TPSA) is 86.5 Å². The quantitative estimate of drug-likeness (QED) is 0.492. The number of allylic oxidation sites excluding steroid dienone is 1. The predicted octanol–water partition coefficient (Wildman–Crippen LogP) is -0.360. The normalized spacial score (nSPS) is 13.4. The van der Waals surface area contributed by atoms with Gasteiger partial charge in [-0.25, -0.2) is 13.6 Å². The number of esters is 1. The van der Waals surface area contributed by atoms with E-state index in [4.69, 9.17) is 5.14 Å². The molecule has 0 aromatic heterocycles. The van der Waals surface area contributed by atoms with E-state index < -0.39 is 27.7 Å². The summed E-state index contributed by atoms with van der Waals surface area (Å²) in [7, 11) is -2.45. The van der Waals surface area contributed by atoms with E-state index in [1.807, 2.05) is 0 Å². The van der Waals surface area contributed by atoms with Crippen LogP contribution in [0.4, 0.5) is 0 Å². The molecule has 0 heterocycles. The second-order valence-corrected chi connectivity index (χ2v) is 4.23. The van der Waals surface area contributed by atoms with Gasteiger partial charge < -0.3 is 4.74 Å². The van der Waals surface area contributed by atoms with Gasteiger partial charge in [-0.2, -0.15) is 0 Å². The van der Waals surface area contributed by atoms with Crippen LogP contribution in [0.1, 0.15) is 6.42 Å². The molecule has 0 radical (unpaired) electrons. The molecule has 0 aliphatic heterocycles. The molecule has 1 atom stereocenters. The number of primary sulfonamides is 1. The zero-order valence-corrected chi connectivity index (χ0v) is 8.21. The van der Waals surface area contributed by atoms with Crippen LogP contribution >= 0.6 is 0 Å². The van der Waals surface area contributed by atoms with Crippen LogP contribution in [0, 0.1) is 5.92 Å². The molecule has 0 saturated carbocycles. The number of sulfonamides is 1. The lowest BCUT2D eigenvalue weighted by Gasteiger charge is -2.10. The number of carbonyl (C=O) groups excluding carboxylic acids is 1. The van der Waals surface area contributed by atoms with Gasteiger partial charge in [0.2, 0.25) is 10.0 Å². The largest absolute Gasteiger partial charge is 0.469 e. The van der Waals surface area contributed by atoms with Crippen molar-refractivity contribution >= 4 is 16.0 Å². The van der Waals surface area contributed by atoms with Crippen molar-refractivity contribution in [2.75, 3.05) is 12.9 Å². The highest BCUT2D eigenvalue weighted by atomic mass is 32.2. The molecule has 0 aromatic carbocycles. The lowest BCUT2D eigenvalue weighted by atomic mass is 10.1.